The molecule has 1 N–H and O–H groups in total. The second kappa shape index (κ2) is 22.6. The molecule has 1 aliphatic carbocycles. The number of halogens is 1. The average molecular weight is 1020 g/mol. The van der Waals surface area contributed by atoms with E-state index < -0.39 is 28.1 Å². The van der Waals surface area contributed by atoms with Crippen LogP contribution in [0.1, 0.15) is 42.2 Å². The minimum atomic E-state index is -2.04. The minimum absolute atomic E-state index is 0.0440. The molecule has 65 heavy (non-hydrogen) atoms. The average Bonchev–Trinajstić information content (AvgIpc) is 3.30. The summed E-state index contributed by atoms with van der Waals surface area (Å²) in [7, 11) is 12.9. The molecule has 5 aromatic carbocycles. The summed E-state index contributed by atoms with van der Waals surface area (Å²) >= 11 is 6.50. The summed E-state index contributed by atoms with van der Waals surface area (Å²) in [6.07, 6.45) is 7.09. The van der Waals surface area contributed by atoms with Crippen LogP contribution >= 0.6 is 14.1 Å². The molecule has 0 bridgehead atoms. The van der Waals surface area contributed by atoms with Gasteiger partial charge in [0.1, 0.15) is 30.2 Å². The molecule has 0 unspecified atom stereocenters. The number of anilines is 3. The number of hydrogen-bond acceptors (Lipinski definition) is 7. The second-order valence-electron chi connectivity index (χ2n) is 17.6. The summed E-state index contributed by atoms with van der Waals surface area (Å²) in [5.41, 5.74) is 9.28. The van der Waals surface area contributed by atoms with Crippen molar-refractivity contribution < 1.29 is 43.4 Å². The number of nitrogens with zero attached hydrogens (tertiary/aromatic N) is 4. The first kappa shape index (κ1) is 52.1. The second-order valence-corrected chi connectivity index (χ2v) is 26.3. The number of carboxylic acid groups (broad SMARTS) is 2. The SMILES string of the molecule is CN(C)c1ccc2c(c1)[Si](C)(C)C1=CC(=[N+](C)C)C=CC1=C2c1ccccc1C(=O)[O-].CN(C)c1cccc([Si](C)(C)c2cccc(N(C)C)c2)c1.O=Cc1ccccc1C(=O)O.[Cu][Br]. The van der Waals surface area contributed by atoms with Crippen LogP contribution in [0.2, 0.25) is 26.2 Å². The Kier molecular flexibility index (Phi) is 18.1. The molecular formula is C52H60BrCuN4O5Si2. The van der Waals surface area contributed by atoms with Crippen LogP contribution in [0.15, 0.2) is 144 Å². The molecular weight excluding hydrogens is 960 g/mol. The van der Waals surface area contributed by atoms with Crippen molar-refractivity contribution in [1.29, 1.82) is 0 Å². The molecule has 0 spiro atoms. The predicted octanol–water partition coefficient (Wildman–Crippen LogP) is 7.28. The third-order valence-electron chi connectivity index (χ3n) is 11.8. The van der Waals surface area contributed by atoms with Crippen molar-refractivity contribution in [2.24, 2.45) is 0 Å². The summed E-state index contributed by atoms with van der Waals surface area (Å²) in [6.45, 7) is 9.61. The number of carbonyl (C=O) groups is 3. The van der Waals surface area contributed by atoms with E-state index in [0.717, 1.165) is 28.1 Å². The van der Waals surface area contributed by atoms with Crippen LogP contribution in [-0.4, -0.2) is 106 Å². The van der Waals surface area contributed by atoms with E-state index in [1.807, 2.05) is 40.3 Å². The number of aromatic carboxylic acids is 2. The van der Waals surface area contributed by atoms with Crippen LogP contribution in [0.4, 0.5) is 17.1 Å². The van der Waals surface area contributed by atoms with E-state index in [2.05, 4.69) is 187 Å². The number of carboxylic acids is 2. The van der Waals surface area contributed by atoms with Gasteiger partial charge in [0.2, 0.25) is 0 Å². The Labute approximate surface area is 402 Å². The van der Waals surface area contributed by atoms with E-state index in [1.54, 1.807) is 24.3 Å². The Morgan fingerprint density at radius 3 is 1.68 bits per heavy atom. The third-order valence-corrected chi connectivity index (χ3v) is 18.9. The van der Waals surface area contributed by atoms with Gasteiger partial charge in [-0.3, -0.25) is 4.79 Å². The Bertz CT molecular complexity index is 2630. The van der Waals surface area contributed by atoms with Gasteiger partial charge in [0.05, 0.1) is 11.5 Å². The number of fused-ring (bicyclic) bond motifs is 2. The Balaban J connectivity index is 0.000000234. The molecule has 1 heterocycles. The van der Waals surface area contributed by atoms with Gasteiger partial charge in [-0.15, -0.1) is 0 Å². The predicted molar refractivity (Wildman–Crippen MR) is 275 cm³/mol. The summed E-state index contributed by atoms with van der Waals surface area (Å²) in [6, 6.07) is 37.7. The fourth-order valence-electron chi connectivity index (χ4n) is 7.86. The van der Waals surface area contributed by atoms with Crippen molar-refractivity contribution in [2.75, 3.05) is 71.1 Å². The quantitative estimate of drug-likeness (QED) is 0.0935. The fraction of sp³-hybridized carbons (Fsp3) is 0.231. The summed E-state index contributed by atoms with van der Waals surface area (Å²) < 4.78 is 2.12. The Morgan fingerprint density at radius 1 is 0.692 bits per heavy atom. The zero-order valence-corrected chi connectivity index (χ0v) is 43.9. The van der Waals surface area contributed by atoms with Gasteiger partial charge in [0, 0.05) is 82.6 Å². The molecule has 5 aromatic rings. The van der Waals surface area contributed by atoms with Crippen molar-refractivity contribution in [1.82, 2.24) is 0 Å². The molecule has 0 saturated carbocycles. The molecule has 13 heteroatoms. The first-order chi connectivity index (χ1) is 30.7. The van der Waals surface area contributed by atoms with Gasteiger partial charge in [-0.1, -0.05) is 109 Å². The van der Waals surface area contributed by atoms with E-state index in [4.69, 9.17) is 5.11 Å². The van der Waals surface area contributed by atoms with Crippen LogP contribution in [0, 0.1) is 0 Å². The molecule has 0 aromatic heterocycles. The third kappa shape index (κ3) is 12.0. The van der Waals surface area contributed by atoms with Gasteiger partial charge in [0.25, 0.3) is 0 Å². The van der Waals surface area contributed by atoms with E-state index in [-0.39, 0.29) is 16.7 Å². The molecule has 1 aliphatic heterocycles. The van der Waals surface area contributed by atoms with Crippen molar-refractivity contribution in [3.05, 3.63) is 172 Å². The Hall–Kier alpha value is -5.57. The zero-order valence-electron chi connectivity index (χ0n) is 39.3. The van der Waals surface area contributed by atoms with E-state index in [1.165, 1.54) is 44.3 Å². The van der Waals surface area contributed by atoms with Gasteiger partial charge in [-0.05, 0) is 81.2 Å². The van der Waals surface area contributed by atoms with Gasteiger partial charge in [0.15, 0.2) is 12.0 Å². The molecule has 0 radical (unpaired) electrons. The molecule has 2 aliphatic rings. The van der Waals surface area contributed by atoms with Crippen LogP contribution in [0.5, 0.6) is 0 Å². The topological polar surface area (TPSA) is 107 Å². The number of hydrogen-bond donors (Lipinski definition) is 1. The first-order valence-corrected chi connectivity index (χ1v) is 29.3. The molecule has 0 fully saturated rings. The van der Waals surface area contributed by atoms with Crippen molar-refractivity contribution >= 4 is 92.4 Å². The number of rotatable bonds is 9. The van der Waals surface area contributed by atoms with Crippen LogP contribution in [0.3, 0.4) is 0 Å². The maximum atomic E-state index is 12.0. The van der Waals surface area contributed by atoms with Gasteiger partial charge >= 0.3 is 34.3 Å². The van der Waals surface area contributed by atoms with Crippen molar-refractivity contribution in [2.45, 2.75) is 26.2 Å². The molecule has 0 amide bonds. The van der Waals surface area contributed by atoms with Gasteiger partial charge < -0.3 is 29.7 Å². The molecule has 0 saturated heterocycles. The fourth-order valence-corrected chi connectivity index (χ4v) is 13.3. The Morgan fingerprint density at radius 2 is 1.20 bits per heavy atom. The van der Waals surface area contributed by atoms with Gasteiger partial charge in [-0.2, -0.15) is 0 Å². The number of allylic oxidation sites excluding steroid dienone is 5. The molecule has 7 rings (SSSR count). The number of carbonyl (C=O) groups excluding carboxylic acids is 2. The number of aldehydes is 1. The van der Waals surface area contributed by atoms with E-state index >= 15 is 0 Å². The van der Waals surface area contributed by atoms with Crippen LogP contribution < -0.4 is 35.4 Å². The zero-order chi connectivity index (χ0) is 48.4. The summed E-state index contributed by atoms with van der Waals surface area (Å²) in [5.74, 6) is -2.23. The number of benzene rings is 5. The van der Waals surface area contributed by atoms with E-state index in [9.17, 15) is 19.5 Å². The summed E-state index contributed by atoms with van der Waals surface area (Å²) in [5, 5.41) is 26.1. The summed E-state index contributed by atoms with van der Waals surface area (Å²) in [4.78, 5) is 39.1. The molecule has 9 nitrogen and oxygen atoms in total. The molecule has 0 atom stereocenters. The van der Waals surface area contributed by atoms with Crippen LogP contribution in [-0.2, 0) is 14.2 Å². The van der Waals surface area contributed by atoms with E-state index in [0.29, 0.717) is 11.8 Å². The monoisotopic (exact) mass is 1020 g/mol. The normalized spacial score (nSPS) is 13.2. The first-order valence-electron chi connectivity index (χ1n) is 21.0. The van der Waals surface area contributed by atoms with Gasteiger partial charge in [-0.25, -0.2) is 9.37 Å². The molecule has 344 valence electrons. The van der Waals surface area contributed by atoms with Crippen LogP contribution in [0.25, 0.3) is 5.57 Å². The maximum absolute atomic E-state index is 12.0. The van der Waals surface area contributed by atoms with Crippen molar-refractivity contribution in [3.63, 3.8) is 0 Å². The standard InChI is InChI=1S/C26H28N2O2Si.C18H26N2Si.C8H6O3.BrH.Cu/c1-27(2)17-11-13-21-23(15-17)31(5,6)24-16-18(28(3)4)12-14-22(24)25(21)19-9-7-8-10-20(19)26(29)30;1-19(2)15-9-7-11-17(13-15)21(5,6)18-12-8-10-16(14-18)20(3)4;9-5-6-3-1-2-4-7(6)8(10)11;;/h7-16H,1-6H3;7-14H,1-6H3;1-5H,(H,10,11);1H;/q;;;;+1/p-1. The van der Waals surface area contributed by atoms with Crippen molar-refractivity contribution in [3.8, 4) is 0 Å².